The first-order valence-corrected chi connectivity index (χ1v) is 5.08. The first-order valence-electron chi connectivity index (χ1n) is 5.08. The first kappa shape index (κ1) is 18.7. The number of carbonyl (C=O) groups is 1. The SMILES string of the molecule is CC(=CC(C)OCC(F)(F)C(F)(F)C(F)(F)F)C(=O)O. The van der Waals surface area contributed by atoms with Crippen molar-refractivity contribution in [1.82, 2.24) is 0 Å². The van der Waals surface area contributed by atoms with E-state index in [2.05, 4.69) is 4.74 Å². The number of alkyl halides is 7. The molecule has 0 aliphatic rings. The normalized spacial score (nSPS) is 16.1. The maximum atomic E-state index is 12.8. The fraction of sp³-hybridized carbons (Fsp3) is 0.700. The number of carboxylic acids is 1. The third kappa shape index (κ3) is 4.36. The van der Waals surface area contributed by atoms with Gasteiger partial charge in [-0.15, -0.1) is 0 Å². The molecule has 3 nitrogen and oxygen atoms in total. The molecule has 0 bridgehead atoms. The van der Waals surface area contributed by atoms with E-state index in [1.54, 1.807) is 0 Å². The molecule has 0 fully saturated rings. The second-order valence-corrected chi connectivity index (χ2v) is 3.95. The molecular formula is C10H11F7O3. The van der Waals surface area contributed by atoms with E-state index in [0.29, 0.717) is 0 Å². The van der Waals surface area contributed by atoms with Gasteiger partial charge in [-0.25, -0.2) is 4.79 Å². The first-order chi connectivity index (χ1) is 8.72. The number of ether oxygens (including phenoxy) is 1. The van der Waals surface area contributed by atoms with E-state index >= 15 is 0 Å². The molecule has 0 amide bonds. The summed E-state index contributed by atoms with van der Waals surface area (Å²) in [6, 6.07) is 0. The van der Waals surface area contributed by atoms with Crippen molar-refractivity contribution >= 4 is 5.97 Å². The van der Waals surface area contributed by atoms with Crippen molar-refractivity contribution in [2.75, 3.05) is 6.61 Å². The summed E-state index contributed by atoms with van der Waals surface area (Å²) in [7, 11) is 0. The molecule has 0 aliphatic carbocycles. The Bertz CT molecular complexity index is 387. The number of hydrogen-bond acceptors (Lipinski definition) is 2. The highest BCUT2D eigenvalue weighted by Gasteiger charge is 2.73. The minimum absolute atomic E-state index is 0.330. The Morgan fingerprint density at radius 3 is 2.00 bits per heavy atom. The summed E-state index contributed by atoms with van der Waals surface area (Å²) in [5.74, 6) is -13.1. The molecule has 0 aliphatic heterocycles. The maximum Gasteiger partial charge on any atom is 0.459 e. The Labute approximate surface area is 109 Å². The Hall–Kier alpha value is -1.32. The number of hydrogen-bond donors (Lipinski definition) is 1. The molecule has 1 N–H and O–H groups in total. The van der Waals surface area contributed by atoms with E-state index in [-0.39, 0.29) is 5.57 Å². The van der Waals surface area contributed by atoms with E-state index in [9.17, 15) is 35.5 Å². The van der Waals surface area contributed by atoms with Gasteiger partial charge >= 0.3 is 24.0 Å². The zero-order valence-corrected chi connectivity index (χ0v) is 10.3. The van der Waals surface area contributed by atoms with Crippen LogP contribution in [0.25, 0.3) is 0 Å². The third-order valence-electron chi connectivity index (χ3n) is 2.16. The van der Waals surface area contributed by atoms with Gasteiger partial charge in [-0.2, -0.15) is 30.7 Å². The molecule has 0 heterocycles. The van der Waals surface area contributed by atoms with Gasteiger partial charge in [-0.05, 0) is 19.9 Å². The van der Waals surface area contributed by atoms with Crippen LogP contribution in [-0.4, -0.2) is 41.8 Å². The van der Waals surface area contributed by atoms with Gasteiger partial charge in [0.05, 0.1) is 6.10 Å². The van der Waals surface area contributed by atoms with E-state index in [1.165, 1.54) is 0 Å². The summed E-state index contributed by atoms with van der Waals surface area (Å²) in [5.41, 5.74) is -0.330. The standard InChI is InChI=1S/C10H11F7O3/c1-5(7(18)19)3-6(2)20-4-8(11,12)9(13,14)10(15,16)17/h3,6H,4H2,1-2H3,(H,18,19). The van der Waals surface area contributed by atoms with Crippen molar-refractivity contribution in [3.05, 3.63) is 11.6 Å². The molecule has 0 aromatic rings. The predicted octanol–water partition coefficient (Wildman–Crippen LogP) is 3.26. The van der Waals surface area contributed by atoms with Crippen LogP contribution in [0.4, 0.5) is 30.7 Å². The molecule has 118 valence electrons. The van der Waals surface area contributed by atoms with Gasteiger partial charge in [0.1, 0.15) is 6.61 Å². The van der Waals surface area contributed by atoms with Gasteiger partial charge in [0.2, 0.25) is 0 Å². The van der Waals surface area contributed by atoms with Crippen molar-refractivity contribution in [2.24, 2.45) is 0 Å². The minimum Gasteiger partial charge on any atom is -0.478 e. The van der Waals surface area contributed by atoms with Crippen molar-refractivity contribution in [3.63, 3.8) is 0 Å². The molecule has 0 aromatic heterocycles. The van der Waals surface area contributed by atoms with Crippen LogP contribution in [0.3, 0.4) is 0 Å². The molecule has 0 radical (unpaired) electrons. The lowest BCUT2D eigenvalue weighted by atomic mass is 10.1. The van der Waals surface area contributed by atoms with Gasteiger partial charge in [-0.3, -0.25) is 0 Å². The zero-order chi connectivity index (χ0) is 16.4. The van der Waals surface area contributed by atoms with Gasteiger partial charge < -0.3 is 9.84 Å². The second-order valence-electron chi connectivity index (χ2n) is 3.95. The highest BCUT2D eigenvalue weighted by molar-refractivity contribution is 5.85. The second kappa shape index (κ2) is 5.98. The lowest BCUT2D eigenvalue weighted by molar-refractivity contribution is -0.362. The van der Waals surface area contributed by atoms with Crippen LogP contribution >= 0.6 is 0 Å². The molecule has 1 unspecified atom stereocenters. The molecule has 10 heteroatoms. The van der Waals surface area contributed by atoms with Crippen LogP contribution in [0, 0.1) is 0 Å². The van der Waals surface area contributed by atoms with Gasteiger partial charge in [0.25, 0.3) is 0 Å². The van der Waals surface area contributed by atoms with Crippen molar-refractivity contribution in [2.45, 2.75) is 38.0 Å². The Morgan fingerprint density at radius 1 is 1.20 bits per heavy atom. The van der Waals surface area contributed by atoms with E-state index in [4.69, 9.17) is 5.11 Å². The highest BCUT2D eigenvalue weighted by Crippen LogP contribution is 2.46. The Balaban J connectivity index is 4.81. The molecule has 0 rings (SSSR count). The summed E-state index contributed by atoms with van der Waals surface area (Å²) in [6.07, 6.45) is -7.00. The Morgan fingerprint density at radius 2 is 1.65 bits per heavy atom. The minimum atomic E-state index is -6.42. The fourth-order valence-corrected chi connectivity index (χ4v) is 1.01. The van der Waals surface area contributed by atoms with E-state index < -0.39 is 36.7 Å². The third-order valence-corrected chi connectivity index (χ3v) is 2.16. The number of carboxylic acid groups (broad SMARTS) is 1. The van der Waals surface area contributed by atoms with Crippen molar-refractivity contribution < 1.29 is 45.4 Å². The van der Waals surface area contributed by atoms with Crippen molar-refractivity contribution in [1.29, 1.82) is 0 Å². The summed E-state index contributed by atoms with van der Waals surface area (Å²) < 4.78 is 90.1. The zero-order valence-electron chi connectivity index (χ0n) is 10.3. The maximum absolute atomic E-state index is 12.8. The quantitative estimate of drug-likeness (QED) is 0.605. The molecule has 20 heavy (non-hydrogen) atoms. The molecule has 0 saturated heterocycles. The van der Waals surface area contributed by atoms with E-state index in [0.717, 1.165) is 19.9 Å². The van der Waals surface area contributed by atoms with Crippen LogP contribution in [-0.2, 0) is 9.53 Å². The number of aliphatic carboxylic acids is 1. The summed E-state index contributed by atoms with van der Waals surface area (Å²) in [4.78, 5) is 10.4. The van der Waals surface area contributed by atoms with Crippen LogP contribution < -0.4 is 0 Å². The number of halogens is 7. The van der Waals surface area contributed by atoms with Gasteiger partial charge in [0, 0.05) is 5.57 Å². The molecule has 1 atom stereocenters. The average molecular weight is 312 g/mol. The van der Waals surface area contributed by atoms with Crippen LogP contribution in [0.15, 0.2) is 11.6 Å². The molecule has 0 spiro atoms. The van der Waals surface area contributed by atoms with Gasteiger partial charge in [0.15, 0.2) is 0 Å². The van der Waals surface area contributed by atoms with Crippen LogP contribution in [0.5, 0.6) is 0 Å². The Kier molecular flexibility index (Phi) is 5.59. The monoisotopic (exact) mass is 312 g/mol. The summed E-state index contributed by atoms with van der Waals surface area (Å²) >= 11 is 0. The number of rotatable bonds is 6. The summed E-state index contributed by atoms with van der Waals surface area (Å²) in [6.45, 7) is -0.108. The summed E-state index contributed by atoms with van der Waals surface area (Å²) in [5, 5.41) is 8.45. The fourth-order valence-electron chi connectivity index (χ4n) is 1.01. The molecule has 0 saturated carbocycles. The lowest BCUT2D eigenvalue weighted by Gasteiger charge is -2.28. The van der Waals surface area contributed by atoms with Crippen molar-refractivity contribution in [3.8, 4) is 0 Å². The largest absolute Gasteiger partial charge is 0.478 e. The molecular weight excluding hydrogens is 301 g/mol. The van der Waals surface area contributed by atoms with E-state index in [1.807, 2.05) is 0 Å². The topological polar surface area (TPSA) is 46.5 Å². The molecule has 0 aromatic carbocycles. The average Bonchev–Trinajstić information content (AvgIpc) is 2.24. The smallest absolute Gasteiger partial charge is 0.459 e. The van der Waals surface area contributed by atoms with Crippen LogP contribution in [0.1, 0.15) is 13.8 Å². The van der Waals surface area contributed by atoms with Gasteiger partial charge in [-0.1, -0.05) is 0 Å². The lowest BCUT2D eigenvalue weighted by Crippen LogP contribution is -2.54. The predicted molar refractivity (Wildman–Crippen MR) is 52.8 cm³/mol. The van der Waals surface area contributed by atoms with Crippen LogP contribution in [0.2, 0.25) is 0 Å². The highest BCUT2D eigenvalue weighted by atomic mass is 19.4.